The highest BCUT2D eigenvalue weighted by molar-refractivity contribution is 8.01. The molecule has 12 heteroatoms. The van der Waals surface area contributed by atoms with Gasteiger partial charge in [0.25, 0.3) is 0 Å². The Balaban J connectivity index is 2.12. The Morgan fingerprint density at radius 1 is 1.42 bits per heavy atom. The predicted octanol–water partition coefficient (Wildman–Crippen LogP) is 3.24. The summed E-state index contributed by atoms with van der Waals surface area (Å²) >= 11 is 8.43. The number of carbonyl (C=O) groups excluding carboxylic acids is 1. The van der Waals surface area contributed by atoms with Crippen molar-refractivity contribution in [3.63, 3.8) is 0 Å². The average molecular weight is 439 g/mol. The summed E-state index contributed by atoms with van der Waals surface area (Å²) < 4.78 is 38.9. The number of nitrogens with one attached hydrogen (secondary N) is 1. The van der Waals surface area contributed by atoms with Crippen molar-refractivity contribution in [3.05, 3.63) is 29.0 Å². The first kappa shape index (κ1) is 20.9. The van der Waals surface area contributed by atoms with Crippen molar-refractivity contribution < 1.29 is 17.6 Å². The highest BCUT2D eigenvalue weighted by Gasteiger charge is 2.22. The number of sulfonamides is 1. The topological polar surface area (TPSA) is 92.3 Å². The third-order valence-corrected chi connectivity index (χ3v) is 6.57. The Morgan fingerprint density at radius 3 is 2.77 bits per heavy atom. The number of amides is 1. The van der Waals surface area contributed by atoms with Gasteiger partial charge in [0.1, 0.15) is 12.4 Å². The van der Waals surface area contributed by atoms with Crippen molar-refractivity contribution in [3.8, 4) is 0 Å². The van der Waals surface area contributed by atoms with E-state index in [0.29, 0.717) is 4.34 Å². The Hall–Kier alpha value is -1.43. The molecule has 0 unspecified atom stereocenters. The Kier molecular flexibility index (Phi) is 7.21. The van der Waals surface area contributed by atoms with Crippen LogP contribution in [0.2, 0.25) is 5.02 Å². The standard InChI is InChI=1S/C14H16ClFN4O3S3/c1-3-6-24-14-19-18-13(25-14)17-12(21)8-20(26(2,22)23)9-4-5-11(16)10(15)7-9/h4-5,7H,3,6,8H2,1-2H3,(H,17,18,21). The molecule has 0 aliphatic rings. The zero-order valence-electron chi connectivity index (χ0n) is 13.9. The van der Waals surface area contributed by atoms with Crippen LogP contribution >= 0.6 is 34.7 Å². The molecule has 7 nitrogen and oxygen atoms in total. The van der Waals surface area contributed by atoms with Gasteiger partial charge < -0.3 is 0 Å². The summed E-state index contributed by atoms with van der Waals surface area (Å²) in [5, 5.41) is 10.3. The molecule has 2 rings (SSSR count). The first-order valence-corrected chi connectivity index (χ1v) is 11.4. The molecule has 0 saturated heterocycles. The van der Waals surface area contributed by atoms with Crippen molar-refractivity contribution in [1.29, 1.82) is 0 Å². The second-order valence-electron chi connectivity index (χ2n) is 5.14. The fourth-order valence-electron chi connectivity index (χ4n) is 1.84. The van der Waals surface area contributed by atoms with Gasteiger partial charge in [0.15, 0.2) is 4.34 Å². The molecular weight excluding hydrogens is 423 g/mol. The average Bonchev–Trinajstić information content (AvgIpc) is 2.99. The number of rotatable bonds is 8. The molecule has 0 radical (unpaired) electrons. The van der Waals surface area contributed by atoms with Gasteiger partial charge in [0, 0.05) is 5.75 Å². The zero-order chi connectivity index (χ0) is 19.3. The first-order chi connectivity index (χ1) is 12.2. The maximum absolute atomic E-state index is 13.3. The van der Waals surface area contributed by atoms with Crippen molar-refractivity contribution in [2.24, 2.45) is 0 Å². The number of halogens is 2. The van der Waals surface area contributed by atoms with Crippen LogP contribution in [0.15, 0.2) is 22.5 Å². The van der Waals surface area contributed by atoms with Crippen molar-refractivity contribution >= 4 is 61.4 Å². The molecular formula is C14H16ClFN4O3S3. The highest BCUT2D eigenvalue weighted by Crippen LogP contribution is 2.27. The summed E-state index contributed by atoms with van der Waals surface area (Å²) in [7, 11) is -3.79. The van der Waals surface area contributed by atoms with Crippen LogP contribution < -0.4 is 9.62 Å². The van der Waals surface area contributed by atoms with Crippen molar-refractivity contribution in [2.75, 3.05) is 28.2 Å². The van der Waals surface area contributed by atoms with Gasteiger partial charge in [-0.1, -0.05) is 41.6 Å². The second kappa shape index (κ2) is 8.98. The minimum atomic E-state index is -3.79. The molecule has 1 aromatic heterocycles. The summed E-state index contributed by atoms with van der Waals surface area (Å²) in [5.74, 6) is -0.395. The molecule has 1 N–H and O–H groups in total. The minimum Gasteiger partial charge on any atom is -0.299 e. The van der Waals surface area contributed by atoms with Gasteiger partial charge in [-0.2, -0.15) is 0 Å². The normalized spacial score (nSPS) is 11.4. The van der Waals surface area contributed by atoms with E-state index in [9.17, 15) is 17.6 Å². The van der Waals surface area contributed by atoms with Crippen molar-refractivity contribution in [1.82, 2.24) is 10.2 Å². The number of benzene rings is 1. The lowest BCUT2D eigenvalue weighted by Gasteiger charge is -2.21. The molecule has 0 spiro atoms. The van der Waals surface area contributed by atoms with E-state index in [-0.39, 0.29) is 15.8 Å². The van der Waals surface area contributed by atoms with Crippen LogP contribution in [0, 0.1) is 5.82 Å². The van der Waals surface area contributed by atoms with Crippen LogP contribution in [-0.4, -0.2) is 43.1 Å². The number of hydrogen-bond acceptors (Lipinski definition) is 7. The number of carbonyl (C=O) groups is 1. The Morgan fingerprint density at radius 2 is 2.15 bits per heavy atom. The minimum absolute atomic E-state index is 0.0884. The molecule has 1 amide bonds. The fraction of sp³-hybridized carbons (Fsp3) is 0.357. The summed E-state index contributed by atoms with van der Waals surface area (Å²) in [6, 6.07) is 3.42. The summed E-state index contributed by atoms with van der Waals surface area (Å²) in [6.45, 7) is 1.54. The van der Waals surface area contributed by atoms with Gasteiger partial charge in [-0.3, -0.25) is 14.4 Å². The molecule has 0 fully saturated rings. The van der Waals surface area contributed by atoms with E-state index in [0.717, 1.165) is 34.9 Å². The van der Waals surface area contributed by atoms with Gasteiger partial charge in [-0.25, -0.2) is 12.8 Å². The number of hydrogen-bond donors (Lipinski definition) is 1. The lowest BCUT2D eigenvalue weighted by Crippen LogP contribution is -2.37. The van der Waals surface area contributed by atoms with Gasteiger partial charge >= 0.3 is 0 Å². The SMILES string of the molecule is CCCSc1nnc(NC(=O)CN(c2ccc(F)c(Cl)c2)S(C)(=O)=O)s1. The molecule has 0 bridgehead atoms. The Labute approximate surface area is 164 Å². The van der Waals surface area contributed by atoms with Crippen LogP contribution in [0.3, 0.4) is 0 Å². The van der Waals surface area contributed by atoms with E-state index in [1.54, 1.807) is 0 Å². The van der Waals surface area contributed by atoms with Gasteiger partial charge in [-0.05, 0) is 24.6 Å². The number of nitrogens with zero attached hydrogens (tertiary/aromatic N) is 3. The molecule has 142 valence electrons. The zero-order valence-corrected chi connectivity index (χ0v) is 17.1. The van der Waals surface area contributed by atoms with Gasteiger partial charge in [0.2, 0.25) is 21.1 Å². The lowest BCUT2D eigenvalue weighted by atomic mass is 10.3. The van der Waals surface area contributed by atoms with Gasteiger partial charge in [-0.15, -0.1) is 10.2 Å². The maximum atomic E-state index is 13.3. The third-order valence-electron chi connectivity index (χ3n) is 2.96. The third kappa shape index (κ3) is 5.79. The quantitative estimate of drug-likeness (QED) is 0.502. The van der Waals surface area contributed by atoms with Crippen LogP contribution in [0.4, 0.5) is 15.2 Å². The molecule has 0 atom stereocenters. The van der Waals surface area contributed by atoms with E-state index in [4.69, 9.17) is 11.6 Å². The molecule has 1 heterocycles. The van der Waals surface area contributed by atoms with E-state index in [1.807, 2.05) is 6.92 Å². The highest BCUT2D eigenvalue weighted by atomic mass is 35.5. The molecule has 26 heavy (non-hydrogen) atoms. The predicted molar refractivity (Wildman–Crippen MR) is 103 cm³/mol. The number of aromatic nitrogens is 2. The van der Waals surface area contributed by atoms with Crippen LogP contribution in [0.5, 0.6) is 0 Å². The monoisotopic (exact) mass is 438 g/mol. The van der Waals surface area contributed by atoms with Crippen LogP contribution in [0.25, 0.3) is 0 Å². The molecule has 0 aliphatic heterocycles. The maximum Gasteiger partial charge on any atom is 0.246 e. The largest absolute Gasteiger partial charge is 0.299 e. The van der Waals surface area contributed by atoms with E-state index in [2.05, 4.69) is 15.5 Å². The number of thioether (sulfide) groups is 1. The molecule has 2 aromatic rings. The Bertz CT molecular complexity index is 891. The first-order valence-electron chi connectivity index (χ1n) is 7.39. The smallest absolute Gasteiger partial charge is 0.246 e. The second-order valence-corrected chi connectivity index (χ2v) is 9.77. The lowest BCUT2D eigenvalue weighted by molar-refractivity contribution is -0.114. The van der Waals surface area contributed by atoms with Crippen molar-refractivity contribution in [2.45, 2.75) is 17.7 Å². The van der Waals surface area contributed by atoms with E-state index >= 15 is 0 Å². The van der Waals surface area contributed by atoms with Gasteiger partial charge in [0.05, 0.1) is 17.0 Å². The molecule has 0 saturated carbocycles. The molecule has 0 aliphatic carbocycles. The summed E-state index contributed by atoms with van der Waals surface area (Å²) in [6.07, 6.45) is 1.93. The summed E-state index contributed by atoms with van der Waals surface area (Å²) in [5.41, 5.74) is 0.0884. The fourth-order valence-corrected chi connectivity index (χ4v) is 4.55. The van der Waals surface area contributed by atoms with E-state index < -0.39 is 28.3 Å². The summed E-state index contributed by atoms with van der Waals surface area (Å²) in [4.78, 5) is 12.2. The molecule has 1 aromatic carbocycles. The van der Waals surface area contributed by atoms with Crippen LogP contribution in [0.1, 0.15) is 13.3 Å². The van der Waals surface area contributed by atoms with E-state index in [1.165, 1.54) is 29.2 Å². The number of anilines is 2. The van der Waals surface area contributed by atoms with Crippen LogP contribution in [-0.2, 0) is 14.8 Å².